The van der Waals surface area contributed by atoms with E-state index in [9.17, 15) is 0 Å². The highest BCUT2D eigenvalue weighted by molar-refractivity contribution is 5.50. The quantitative estimate of drug-likeness (QED) is 0.543. The average Bonchev–Trinajstić information content (AvgIpc) is 2.28. The molecule has 16 heavy (non-hydrogen) atoms. The van der Waals surface area contributed by atoms with E-state index in [1.165, 1.54) is 0 Å². The van der Waals surface area contributed by atoms with Crippen LogP contribution < -0.4 is 4.74 Å². The van der Waals surface area contributed by atoms with E-state index in [2.05, 4.69) is 4.90 Å². The van der Waals surface area contributed by atoms with E-state index in [4.69, 9.17) is 9.47 Å². The van der Waals surface area contributed by atoms with E-state index in [0.717, 1.165) is 17.9 Å². The van der Waals surface area contributed by atoms with Crippen molar-refractivity contribution in [2.45, 2.75) is 0 Å². The highest BCUT2D eigenvalue weighted by Gasteiger charge is 1.91. The van der Waals surface area contributed by atoms with Crippen LogP contribution in [0.25, 0.3) is 6.08 Å². The maximum atomic E-state index is 5.36. The van der Waals surface area contributed by atoms with Crippen molar-refractivity contribution in [2.24, 2.45) is 0 Å². The van der Waals surface area contributed by atoms with Gasteiger partial charge in [0.15, 0.2) is 0 Å². The van der Waals surface area contributed by atoms with Gasteiger partial charge in [0, 0.05) is 6.54 Å². The second kappa shape index (κ2) is 6.90. The van der Waals surface area contributed by atoms with Gasteiger partial charge in [0.25, 0.3) is 0 Å². The third kappa shape index (κ3) is 4.84. The Kier molecular flexibility index (Phi) is 5.43. The van der Waals surface area contributed by atoms with Gasteiger partial charge in [-0.25, -0.2) is 0 Å². The summed E-state index contributed by atoms with van der Waals surface area (Å²) in [6, 6.07) is 7.85. The summed E-state index contributed by atoms with van der Waals surface area (Å²) in [6.45, 7) is 1.62. The van der Waals surface area contributed by atoms with Gasteiger partial charge in [-0.05, 0) is 37.9 Å². The third-order valence-electron chi connectivity index (χ3n) is 2.11. The number of likely N-dealkylation sites (N-methyl/N-ethyl adjacent to an activating group) is 1. The molecule has 0 spiro atoms. The van der Waals surface area contributed by atoms with Crippen molar-refractivity contribution in [3.8, 4) is 5.75 Å². The first-order valence-electron chi connectivity index (χ1n) is 5.29. The van der Waals surface area contributed by atoms with Crippen molar-refractivity contribution in [3.63, 3.8) is 0 Å². The van der Waals surface area contributed by atoms with Gasteiger partial charge < -0.3 is 14.4 Å². The number of benzene rings is 1. The normalized spacial score (nSPS) is 11.0. The highest BCUT2D eigenvalue weighted by Crippen LogP contribution is 2.13. The maximum Gasteiger partial charge on any atom is 0.119 e. The van der Waals surface area contributed by atoms with E-state index in [-0.39, 0.29) is 0 Å². The van der Waals surface area contributed by atoms with Crippen LogP contribution in [0.4, 0.5) is 0 Å². The van der Waals surface area contributed by atoms with Gasteiger partial charge >= 0.3 is 0 Å². The molecule has 88 valence electrons. The molecule has 1 rings (SSSR count). The predicted molar refractivity (Wildman–Crippen MR) is 66.5 cm³/mol. The fourth-order valence-corrected chi connectivity index (χ4v) is 1.18. The van der Waals surface area contributed by atoms with Crippen LogP contribution in [0.2, 0.25) is 0 Å². The summed E-state index contributed by atoms with van der Waals surface area (Å²) in [6.07, 6.45) is 3.65. The maximum absolute atomic E-state index is 5.36. The van der Waals surface area contributed by atoms with Crippen molar-refractivity contribution in [1.29, 1.82) is 0 Å². The minimum atomic E-state index is 0.702. The fraction of sp³-hybridized carbons (Fsp3) is 0.385. The van der Waals surface area contributed by atoms with Crippen molar-refractivity contribution < 1.29 is 9.47 Å². The van der Waals surface area contributed by atoms with Crippen LogP contribution in [0.3, 0.4) is 0 Å². The molecule has 0 aliphatic carbocycles. The molecule has 0 fully saturated rings. The summed E-state index contributed by atoms with van der Waals surface area (Å²) in [5.74, 6) is 0.857. The lowest BCUT2D eigenvalue weighted by molar-refractivity contribution is 0.214. The average molecular weight is 221 g/mol. The Balaban J connectivity index is 2.37. The zero-order chi connectivity index (χ0) is 11.8. The minimum Gasteiger partial charge on any atom is -0.500 e. The molecule has 0 unspecified atom stereocenters. The number of ether oxygens (including phenoxy) is 2. The van der Waals surface area contributed by atoms with Crippen molar-refractivity contribution >= 4 is 6.08 Å². The Hall–Kier alpha value is -1.48. The van der Waals surface area contributed by atoms with Gasteiger partial charge in [0.2, 0.25) is 0 Å². The molecule has 1 aromatic carbocycles. The van der Waals surface area contributed by atoms with Crippen molar-refractivity contribution in [3.05, 3.63) is 36.1 Å². The number of hydrogen-bond acceptors (Lipinski definition) is 3. The second-order valence-corrected chi connectivity index (χ2v) is 3.75. The van der Waals surface area contributed by atoms with Crippen LogP contribution in [0.1, 0.15) is 5.56 Å². The lowest BCUT2D eigenvalue weighted by Crippen LogP contribution is -2.16. The van der Waals surface area contributed by atoms with E-state index in [1.54, 1.807) is 13.4 Å². The smallest absolute Gasteiger partial charge is 0.119 e. The molecule has 3 heteroatoms. The highest BCUT2D eigenvalue weighted by atomic mass is 16.5. The van der Waals surface area contributed by atoms with E-state index in [0.29, 0.717) is 6.61 Å². The number of hydrogen-bond donors (Lipinski definition) is 0. The molecule has 0 saturated heterocycles. The number of nitrogens with zero attached hydrogens (tertiary/aromatic N) is 1. The Morgan fingerprint density at radius 3 is 2.81 bits per heavy atom. The van der Waals surface area contributed by atoms with Gasteiger partial charge in [-0.15, -0.1) is 0 Å². The van der Waals surface area contributed by atoms with Gasteiger partial charge in [0.1, 0.15) is 5.75 Å². The topological polar surface area (TPSA) is 21.7 Å². The molecule has 0 amide bonds. The van der Waals surface area contributed by atoms with Gasteiger partial charge in [-0.2, -0.15) is 0 Å². The van der Waals surface area contributed by atoms with Crippen LogP contribution in [-0.4, -0.2) is 39.3 Å². The molecule has 0 aliphatic rings. The molecular weight excluding hydrogens is 202 g/mol. The van der Waals surface area contributed by atoms with E-state index in [1.807, 2.05) is 44.4 Å². The van der Waals surface area contributed by atoms with Crippen molar-refractivity contribution in [2.75, 3.05) is 34.4 Å². The molecule has 0 heterocycles. The summed E-state index contributed by atoms with van der Waals surface area (Å²) in [4.78, 5) is 2.08. The lowest BCUT2D eigenvalue weighted by atomic mass is 10.2. The summed E-state index contributed by atoms with van der Waals surface area (Å²) >= 11 is 0. The van der Waals surface area contributed by atoms with Crippen molar-refractivity contribution in [1.82, 2.24) is 4.90 Å². The van der Waals surface area contributed by atoms with Gasteiger partial charge in [-0.1, -0.05) is 12.1 Å². The van der Waals surface area contributed by atoms with E-state index >= 15 is 0 Å². The van der Waals surface area contributed by atoms with Crippen LogP contribution in [0.15, 0.2) is 30.5 Å². The van der Waals surface area contributed by atoms with Gasteiger partial charge in [-0.3, -0.25) is 0 Å². The lowest BCUT2D eigenvalue weighted by Gasteiger charge is -2.07. The first-order chi connectivity index (χ1) is 7.72. The molecule has 1 aromatic rings. The molecule has 0 saturated carbocycles. The monoisotopic (exact) mass is 221 g/mol. The van der Waals surface area contributed by atoms with Crippen LogP contribution >= 0.6 is 0 Å². The first kappa shape index (κ1) is 12.6. The molecule has 3 nitrogen and oxygen atoms in total. The van der Waals surface area contributed by atoms with Crippen LogP contribution in [-0.2, 0) is 4.74 Å². The van der Waals surface area contributed by atoms with Gasteiger partial charge in [0.05, 0.1) is 20.0 Å². The Labute approximate surface area is 97.3 Å². The molecule has 0 aliphatic heterocycles. The Bertz CT molecular complexity index is 334. The van der Waals surface area contributed by atoms with Crippen LogP contribution in [0, 0.1) is 0 Å². The molecule has 0 atom stereocenters. The zero-order valence-corrected chi connectivity index (χ0v) is 10.1. The van der Waals surface area contributed by atoms with E-state index < -0.39 is 0 Å². The zero-order valence-electron chi connectivity index (χ0n) is 10.1. The largest absolute Gasteiger partial charge is 0.500 e. The molecule has 0 bridgehead atoms. The summed E-state index contributed by atoms with van der Waals surface area (Å²) in [5.41, 5.74) is 1.07. The fourth-order valence-electron chi connectivity index (χ4n) is 1.18. The first-order valence-corrected chi connectivity index (χ1v) is 5.29. The second-order valence-electron chi connectivity index (χ2n) is 3.75. The summed E-state index contributed by atoms with van der Waals surface area (Å²) in [7, 11) is 5.71. The number of methoxy groups -OCH3 is 1. The Morgan fingerprint density at radius 1 is 1.31 bits per heavy atom. The summed E-state index contributed by atoms with van der Waals surface area (Å²) in [5, 5.41) is 0. The van der Waals surface area contributed by atoms with Crippen LogP contribution in [0.5, 0.6) is 5.75 Å². The third-order valence-corrected chi connectivity index (χ3v) is 2.11. The summed E-state index contributed by atoms with van der Waals surface area (Å²) < 4.78 is 10.5. The molecule has 0 radical (unpaired) electrons. The Morgan fingerprint density at radius 2 is 2.12 bits per heavy atom. The molecule has 0 aromatic heterocycles. The minimum absolute atomic E-state index is 0.702. The standard InChI is InChI=1S/C13H19NO2/c1-14(2)8-10-16-9-7-12-5-4-6-13(11-12)15-3/h4-7,9,11H,8,10H2,1-3H3/b9-7-. The SMILES string of the molecule is COc1cccc(/C=C\OCCN(C)C)c1. The molecular formula is C13H19NO2. The predicted octanol–water partition coefficient (Wildman–Crippen LogP) is 2.24. The number of rotatable bonds is 6. The molecule has 0 N–H and O–H groups in total.